The molecule has 0 saturated carbocycles. The van der Waals surface area contributed by atoms with Crippen LogP contribution in [0.15, 0.2) is 12.1 Å². The summed E-state index contributed by atoms with van der Waals surface area (Å²) >= 11 is 0. The van der Waals surface area contributed by atoms with E-state index in [9.17, 15) is 4.79 Å². The fourth-order valence-corrected chi connectivity index (χ4v) is 2.52. The van der Waals surface area contributed by atoms with Gasteiger partial charge in [0.05, 0.1) is 14.2 Å². The van der Waals surface area contributed by atoms with E-state index >= 15 is 0 Å². The van der Waals surface area contributed by atoms with Crippen LogP contribution >= 0.6 is 12.4 Å². The SMILES string of the molecule is COc1cc(C(=O)N2CCNC[C@H]2C)cc(OC)c1C.Cl. The van der Waals surface area contributed by atoms with Crippen molar-refractivity contribution in [2.45, 2.75) is 19.9 Å². The molecule has 5 nitrogen and oxygen atoms in total. The van der Waals surface area contributed by atoms with Crippen molar-refractivity contribution in [1.29, 1.82) is 0 Å². The van der Waals surface area contributed by atoms with Crippen molar-refractivity contribution in [1.82, 2.24) is 10.2 Å². The molecule has 118 valence electrons. The highest BCUT2D eigenvalue weighted by Gasteiger charge is 2.25. The first-order valence-electron chi connectivity index (χ1n) is 6.82. The molecular formula is C15H23ClN2O3. The summed E-state index contributed by atoms with van der Waals surface area (Å²) in [6.07, 6.45) is 0. The Balaban J connectivity index is 0.00000220. The zero-order valence-corrected chi connectivity index (χ0v) is 13.8. The molecule has 1 aliphatic heterocycles. The molecule has 0 aliphatic carbocycles. The first kappa shape index (κ1) is 17.6. The van der Waals surface area contributed by atoms with E-state index in [1.165, 1.54) is 0 Å². The molecule has 1 aromatic carbocycles. The van der Waals surface area contributed by atoms with Crippen LogP contribution in [0.2, 0.25) is 0 Å². The number of carbonyl (C=O) groups is 1. The molecule has 1 heterocycles. The first-order valence-corrected chi connectivity index (χ1v) is 6.82. The van der Waals surface area contributed by atoms with E-state index < -0.39 is 0 Å². The number of halogens is 1. The monoisotopic (exact) mass is 314 g/mol. The van der Waals surface area contributed by atoms with Gasteiger partial charge in [0.2, 0.25) is 0 Å². The van der Waals surface area contributed by atoms with Crippen LogP contribution in [0.4, 0.5) is 0 Å². The maximum absolute atomic E-state index is 12.6. The topological polar surface area (TPSA) is 50.8 Å². The summed E-state index contributed by atoms with van der Waals surface area (Å²) in [5.74, 6) is 1.38. The molecule has 0 aromatic heterocycles. The summed E-state index contributed by atoms with van der Waals surface area (Å²) in [5.41, 5.74) is 1.51. The number of hydrogen-bond donors (Lipinski definition) is 1. The predicted octanol–water partition coefficient (Wildman–Crippen LogP) is 1.87. The highest BCUT2D eigenvalue weighted by atomic mass is 35.5. The summed E-state index contributed by atoms with van der Waals surface area (Å²) < 4.78 is 10.7. The van der Waals surface area contributed by atoms with Crippen LogP contribution < -0.4 is 14.8 Å². The highest BCUT2D eigenvalue weighted by Crippen LogP contribution is 2.30. The second-order valence-electron chi connectivity index (χ2n) is 5.06. The van der Waals surface area contributed by atoms with E-state index in [0.29, 0.717) is 17.1 Å². The van der Waals surface area contributed by atoms with Crippen molar-refractivity contribution >= 4 is 18.3 Å². The molecule has 0 unspecified atom stereocenters. The third kappa shape index (κ3) is 3.60. The van der Waals surface area contributed by atoms with Crippen LogP contribution in [0.1, 0.15) is 22.8 Å². The van der Waals surface area contributed by atoms with E-state index in [1.54, 1.807) is 26.4 Å². The smallest absolute Gasteiger partial charge is 0.254 e. The standard InChI is InChI=1S/C15H22N2O3.ClH/c1-10-9-16-5-6-17(10)15(18)12-7-13(19-3)11(2)14(8-12)20-4;/h7-8,10,16H,5-6,9H2,1-4H3;1H/t10-;/m1./s1. The number of ether oxygens (including phenoxy) is 2. The van der Waals surface area contributed by atoms with Crippen molar-refractivity contribution in [3.8, 4) is 11.5 Å². The number of nitrogens with zero attached hydrogens (tertiary/aromatic N) is 1. The van der Waals surface area contributed by atoms with Gasteiger partial charge in [-0.3, -0.25) is 4.79 Å². The Morgan fingerprint density at radius 2 is 1.86 bits per heavy atom. The van der Waals surface area contributed by atoms with Gasteiger partial charge in [-0.2, -0.15) is 0 Å². The number of hydrogen-bond acceptors (Lipinski definition) is 4. The maximum atomic E-state index is 12.6. The minimum atomic E-state index is 0. The number of methoxy groups -OCH3 is 2. The molecule has 1 N–H and O–H groups in total. The Kier molecular flexibility index (Phi) is 6.30. The third-order valence-electron chi connectivity index (χ3n) is 3.76. The van der Waals surface area contributed by atoms with Gasteiger partial charge in [0, 0.05) is 36.8 Å². The lowest BCUT2D eigenvalue weighted by Gasteiger charge is -2.34. The van der Waals surface area contributed by atoms with Crippen molar-refractivity contribution in [3.05, 3.63) is 23.3 Å². The second kappa shape index (κ2) is 7.52. The average Bonchev–Trinajstić information content (AvgIpc) is 2.47. The van der Waals surface area contributed by atoms with Crippen molar-refractivity contribution in [3.63, 3.8) is 0 Å². The van der Waals surface area contributed by atoms with E-state index in [4.69, 9.17) is 9.47 Å². The van der Waals surface area contributed by atoms with Gasteiger partial charge in [0.25, 0.3) is 5.91 Å². The lowest BCUT2D eigenvalue weighted by molar-refractivity contribution is 0.0655. The molecule has 1 saturated heterocycles. The van der Waals surface area contributed by atoms with E-state index in [0.717, 1.165) is 25.2 Å². The van der Waals surface area contributed by atoms with Gasteiger partial charge in [-0.25, -0.2) is 0 Å². The summed E-state index contributed by atoms with van der Waals surface area (Å²) in [7, 11) is 3.20. The Hall–Kier alpha value is -1.46. The quantitative estimate of drug-likeness (QED) is 0.925. The van der Waals surface area contributed by atoms with Gasteiger partial charge < -0.3 is 19.7 Å². The summed E-state index contributed by atoms with van der Waals surface area (Å²) in [5, 5.41) is 3.28. The number of carbonyl (C=O) groups excluding carboxylic acids is 1. The van der Waals surface area contributed by atoms with Crippen LogP contribution in [0.3, 0.4) is 0 Å². The van der Waals surface area contributed by atoms with Crippen molar-refractivity contribution in [2.24, 2.45) is 0 Å². The van der Waals surface area contributed by atoms with Crippen LogP contribution in [0.5, 0.6) is 11.5 Å². The molecule has 2 rings (SSSR count). The molecule has 1 fully saturated rings. The number of nitrogens with one attached hydrogen (secondary N) is 1. The zero-order valence-electron chi connectivity index (χ0n) is 12.9. The largest absolute Gasteiger partial charge is 0.496 e. The molecule has 1 atom stereocenters. The second-order valence-corrected chi connectivity index (χ2v) is 5.06. The molecule has 0 bridgehead atoms. The summed E-state index contributed by atoms with van der Waals surface area (Å²) in [6, 6.07) is 3.76. The fraction of sp³-hybridized carbons (Fsp3) is 0.533. The van der Waals surface area contributed by atoms with Crippen LogP contribution in [0.25, 0.3) is 0 Å². The van der Waals surface area contributed by atoms with Crippen molar-refractivity contribution < 1.29 is 14.3 Å². The van der Waals surface area contributed by atoms with Gasteiger partial charge in [-0.1, -0.05) is 0 Å². The summed E-state index contributed by atoms with van der Waals surface area (Å²) in [4.78, 5) is 14.5. The molecule has 0 spiro atoms. The van der Waals surface area contributed by atoms with Gasteiger partial charge in [-0.15, -0.1) is 12.4 Å². The molecule has 1 aliphatic rings. The van der Waals surface area contributed by atoms with Gasteiger partial charge >= 0.3 is 0 Å². The van der Waals surface area contributed by atoms with Crippen LogP contribution in [-0.4, -0.2) is 50.7 Å². The third-order valence-corrected chi connectivity index (χ3v) is 3.76. The minimum absolute atomic E-state index is 0. The van der Waals surface area contributed by atoms with E-state index in [1.807, 2.05) is 18.7 Å². The van der Waals surface area contributed by atoms with E-state index in [-0.39, 0.29) is 24.4 Å². The Bertz CT molecular complexity index is 483. The Morgan fingerprint density at radius 1 is 1.29 bits per heavy atom. The molecular weight excluding hydrogens is 292 g/mol. The highest BCUT2D eigenvalue weighted by molar-refractivity contribution is 5.95. The lowest BCUT2D eigenvalue weighted by Crippen LogP contribution is -2.52. The molecule has 1 amide bonds. The van der Waals surface area contributed by atoms with Gasteiger partial charge in [0.15, 0.2) is 0 Å². The van der Waals surface area contributed by atoms with Gasteiger partial charge in [-0.05, 0) is 26.0 Å². The molecule has 1 aromatic rings. The number of amides is 1. The van der Waals surface area contributed by atoms with Gasteiger partial charge in [0.1, 0.15) is 11.5 Å². The molecule has 0 radical (unpaired) electrons. The molecule has 6 heteroatoms. The zero-order chi connectivity index (χ0) is 14.7. The van der Waals surface area contributed by atoms with Crippen LogP contribution in [-0.2, 0) is 0 Å². The van der Waals surface area contributed by atoms with E-state index in [2.05, 4.69) is 5.32 Å². The maximum Gasteiger partial charge on any atom is 0.254 e. The Labute approximate surface area is 132 Å². The fourth-order valence-electron chi connectivity index (χ4n) is 2.52. The first-order chi connectivity index (χ1) is 9.58. The summed E-state index contributed by atoms with van der Waals surface area (Å²) in [6.45, 7) is 6.34. The Morgan fingerprint density at radius 3 is 2.33 bits per heavy atom. The minimum Gasteiger partial charge on any atom is -0.496 e. The lowest BCUT2D eigenvalue weighted by atomic mass is 10.1. The molecule has 21 heavy (non-hydrogen) atoms. The normalized spacial score (nSPS) is 17.9. The predicted molar refractivity (Wildman–Crippen MR) is 84.9 cm³/mol. The van der Waals surface area contributed by atoms with Crippen LogP contribution in [0, 0.1) is 6.92 Å². The van der Waals surface area contributed by atoms with Crippen molar-refractivity contribution in [2.75, 3.05) is 33.9 Å². The number of benzene rings is 1. The number of rotatable bonds is 3. The average molecular weight is 315 g/mol. The number of piperazine rings is 1.